The first-order valence-electron chi connectivity index (χ1n) is 7.40. The van der Waals surface area contributed by atoms with E-state index >= 15 is 0 Å². The highest BCUT2D eigenvalue weighted by molar-refractivity contribution is 6.30. The number of halogens is 1. The van der Waals surface area contributed by atoms with Gasteiger partial charge in [-0.2, -0.15) is 0 Å². The number of hydrogen-bond donors (Lipinski definition) is 2. The van der Waals surface area contributed by atoms with Crippen LogP contribution in [0, 0.1) is 13.8 Å². The van der Waals surface area contributed by atoms with Crippen molar-refractivity contribution in [3.8, 4) is 0 Å². The van der Waals surface area contributed by atoms with E-state index in [0.29, 0.717) is 5.02 Å². The number of urea groups is 1. The molecule has 2 amide bonds. The fourth-order valence-electron chi connectivity index (χ4n) is 2.30. The fraction of sp³-hybridized carbons (Fsp3) is 0.278. The van der Waals surface area contributed by atoms with E-state index in [-0.39, 0.29) is 12.1 Å². The predicted octanol–water partition coefficient (Wildman–Crippen LogP) is 5.23. The molecule has 0 fully saturated rings. The Labute approximate surface area is 136 Å². The number of rotatable bonds is 4. The quantitative estimate of drug-likeness (QED) is 0.796. The van der Waals surface area contributed by atoms with Gasteiger partial charge in [-0.15, -0.1) is 0 Å². The van der Waals surface area contributed by atoms with Crippen molar-refractivity contribution in [2.24, 2.45) is 0 Å². The van der Waals surface area contributed by atoms with Gasteiger partial charge in [0.25, 0.3) is 0 Å². The minimum absolute atomic E-state index is 0.0395. The Morgan fingerprint density at radius 1 is 1.14 bits per heavy atom. The molecule has 0 aliphatic rings. The normalized spacial score (nSPS) is 11.8. The van der Waals surface area contributed by atoms with Gasteiger partial charge in [0, 0.05) is 10.7 Å². The molecule has 0 saturated carbocycles. The Hall–Kier alpha value is -2.00. The lowest BCUT2D eigenvalue weighted by atomic mass is 10.1. The van der Waals surface area contributed by atoms with Crippen molar-refractivity contribution < 1.29 is 4.79 Å². The number of amides is 2. The summed E-state index contributed by atoms with van der Waals surface area (Å²) in [6, 6.07) is 13.3. The number of benzene rings is 2. The molecule has 0 spiro atoms. The van der Waals surface area contributed by atoms with Crippen LogP contribution in [0.3, 0.4) is 0 Å². The Morgan fingerprint density at radius 3 is 2.45 bits per heavy atom. The molecule has 0 saturated heterocycles. The average molecular weight is 317 g/mol. The van der Waals surface area contributed by atoms with Crippen LogP contribution in [0.15, 0.2) is 42.5 Å². The van der Waals surface area contributed by atoms with Crippen LogP contribution in [0.2, 0.25) is 5.02 Å². The van der Waals surface area contributed by atoms with Gasteiger partial charge in [0.15, 0.2) is 0 Å². The topological polar surface area (TPSA) is 41.1 Å². The van der Waals surface area contributed by atoms with E-state index in [1.165, 1.54) is 0 Å². The number of carbonyl (C=O) groups is 1. The summed E-state index contributed by atoms with van der Waals surface area (Å²) in [5.41, 5.74) is 4.04. The summed E-state index contributed by atoms with van der Waals surface area (Å²) in [5, 5.41) is 6.62. The van der Waals surface area contributed by atoms with E-state index < -0.39 is 0 Å². The first-order chi connectivity index (χ1) is 10.5. The number of hydrogen-bond acceptors (Lipinski definition) is 1. The standard InChI is InChI=1S/C18H21ClN2O/c1-4-16(14-7-9-15(19)10-8-14)20-18(22)21-17-11-12(2)5-6-13(17)3/h5-11,16H,4H2,1-3H3,(H2,20,21,22)/t16-/m0/s1. The molecule has 0 radical (unpaired) electrons. The Kier molecular flexibility index (Phi) is 5.45. The molecule has 0 aliphatic carbocycles. The van der Waals surface area contributed by atoms with Gasteiger partial charge in [0.2, 0.25) is 0 Å². The van der Waals surface area contributed by atoms with Gasteiger partial charge >= 0.3 is 6.03 Å². The lowest BCUT2D eigenvalue weighted by Gasteiger charge is -2.19. The molecule has 116 valence electrons. The van der Waals surface area contributed by atoms with Crippen molar-refractivity contribution in [1.29, 1.82) is 0 Å². The molecule has 2 rings (SSSR count). The maximum absolute atomic E-state index is 12.2. The van der Waals surface area contributed by atoms with E-state index in [9.17, 15) is 4.79 Å². The monoisotopic (exact) mass is 316 g/mol. The van der Waals surface area contributed by atoms with Crippen molar-refractivity contribution in [2.45, 2.75) is 33.2 Å². The third kappa shape index (κ3) is 4.25. The van der Waals surface area contributed by atoms with Crippen molar-refractivity contribution in [3.63, 3.8) is 0 Å². The van der Waals surface area contributed by atoms with Gasteiger partial charge in [-0.05, 0) is 55.2 Å². The molecule has 3 nitrogen and oxygen atoms in total. The first kappa shape index (κ1) is 16.4. The van der Waals surface area contributed by atoms with Crippen LogP contribution < -0.4 is 10.6 Å². The van der Waals surface area contributed by atoms with Crippen molar-refractivity contribution in [2.75, 3.05) is 5.32 Å². The average Bonchev–Trinajstić information content (AvgIpc) is 2.49. The zero-order valence-electron chi connectivity index (χ0n) is 13.1. The van der Waals surface area contributed by atoms with Crippen LogP contribution >= 0.6 is 11.6 Å². The van der Waals surface area contributed by atoms with Crippen LogP contribution in [0.25, 0.3) is 0 Å². The van der Waals surface area contributed by atoms with Crippen LogP contribution in [0.4, 0.5) is 10.5 Å². The molecular formula is C18H21ClN2O. The van der Waals surface area contributed by atoms with E-state index in [0.717, 1.165) is 28.8 Å². The highest BCUT2D eigenvalue weighted by Crippen LogP contribution is 2.20. The van der Waals surface area contributed by atoms with E-state index in [1.807, 2.05) is 63.2 Å². The molecule has 0 unspecified atom stereocenters. The zero-order valence-corrected chi connectivity index (χ0v) is 13.9. The van der Waals surface area contributed by atoms with E-state index in [1.54, 1.807) is 0 Å². The van der Waals surface area contributed by atoms with Gasteiger partial charge in [0.1, 0.15) is 0 Å². The third-order valence-corrected chi connectivity index (χ3v) is 3.88. The summed E-state index contributed by atoms with van der Waals surface area (Å²) in [6.07, 6.45) is 0.807. The van der Waals surface area contributed by atoms with E-state index in [2.05, 4.69) is 10.6 Å². The molecule has 0 aromatic heterocycles. The number of nitrogens with one attached hydrogen (secondary N) is 2. The smallest absolute Gasteiger partial charge is 0.319 e. The summed E-state index contributed by atoms with van der Waals surface area (Å²) >= 11 is 5.91. The van der Waals surface area contributed by atoms with E-state index in [4.69, 9.17) is 11.6 Å². The minimum Gasteiger partial charge on any atom is -0.331 e. The molecule has 22 heavy (non-hydrogen) atoms. The van der Waals surface area contributed by atoms with Crippen LogP contribution in [0.5, 0.6) is 0 Å². The van der Waals surface area contributed by atoms with Crippen molar-refractivity contribution >= 4 is 23.3 Å². The predicted molar refractivity (Wildman–Crippen MR) is 92.6 cm³/mol. The van der Waals surface area contributed by atoms with Crippen LogP contribution in [-0.4, -0.2) is 6.03 Å². The molecule has 2 aromatic carbocycles. The largest absolute Gasteiger partial charge is 0.331 e. The SMILES string of the molecule is CC[C@H](NC(=O)Nc1cc(C)ccc1C)c1ccc(Cl)cc1. The Balaban J connectivity index is 2.06. The second-order valence-electron chi connectivity index (χ2n) is 5.43. The van der Waals surface area contributed by atoms with Crippen LogP contribution in [-0.2, 0) is 0 Å². The van der Waals surface area contributed by atoms with Gasteiger partial charge < -0.3 is 10.6 Å². The number of carbonyl (C=O) groups excluding carboxylic acids is 1. The fourth-order valence-corrected chi connectivity index (χ4v) is 2.43. The van der Waals surface area contributed by atoms with Crippen LogP contribution in [0.1, 0.15) is 36.1 Å². The summed E-state index contributed by atoms with van der Waals surface area (Å²) in [7, 11) is 0. The first-order valence-corrected chi connectivity index (χ1v) is 7.77. The summed E-state index contributed by atoms with van der Waals surface area (Å²) in [5.74, 6) is 0. The second kappa shape index (κ2) is 7.32. The van der Waals surface area contributed by atoms with Gasteiger partial charge in [0.05, 0.1) is 6.04 Å². The molecule has 0 bridgehead atoms. The maximum Gasteiger partial charge on any atom is 0.319 e. The zero-order chi connectivity index (χ0) is 16.1. The highest BCUT2D eigenvalue weighted by Gasteiger charge is 2.13. The molecule has 2 aromatic rings. The Bertz CT molecular complexity index is 653. The summed E-state index contributed by atoms with van der Waals surface area (Å²) in [6.45, 7) is 6.02. The molecule has 4 heteroatoms. The molecule has 1 atom stereocenters. The van der Waals surface area contributed by atoms with Gasteiger partial charge in [-0.1, -0.05) is 42.8 Å². The molecule has 0 aliphatic heterocycles. The number of aryl methyl sites for hydroxylation is 2. The second-order valence-corrected chi connectivity index (χ2v) is 5.87. The molecule has 2 N–H and O–H groups in total. The van der Waals surface area contributed by atoms with Gasteiger partial charge in [-0.3, -0.25) is 0 Å². The molecule has 0 heterocycles. The lowest BCUT2D eigenvalue weighted by Crippen LogP contribution is -2.32. The highest BCUT2D eigenvalue weighted by atomic mass is 35.5. The number of anilines is 1. The third-order valence-electron chi connectivity index (χ3n) is 3.63. The van der Waals surface area contributed by atoms with Crippen molar-refractivity contribution in [1.82, 2.24) is 5.32 Å². The summed E-state index contributed by atoms with van der Waals surface area (Å²) < 4.78 is 0. The Morgan fingerprint density at radius 2 is 1.82 bits per heavy atom. The summed E-state index contributed by atoms with van der Waals surface area (Å²) in [4.78, 5) is 12.2. The lowest BCUT2D eigenvalue weighted by molar-refractivity contribution is 0.248. The maximum atomic E-state index is 12.2. The molecular weight excluding hydrogens is 296 g/mol. The minimum atomic E-state index is -0.199. The van der Waals surface area contributed by atoms with Gasteiger partial charge in [-0.25, -0.2) is 4.79 Å². The van der Waals surface area contributed by atoms with Crippen molar-refractivity contribution in [3.05, 3.63) is 64.2 Å².